The average Bonchev–Trinajstić information content (AvgIpc) is 2.47. The topological polar surface area (TPSA) is 61.8 Å². The smallest absolute Gasteiger partial charge is 0.323 e. The molecule has 0 spiro atoms. The number of likely N-dealkylation sites (tertiary alicyclic amines) is 1. The monoisotopic (exact) mass is 300 g/mol. The highest BCUT2D eigenvalue weighted by molar-refractivity contribution is 5.78. The van der Waals surface area contributed by atoms with Crippen LogP contribution < -0.4 is 5.32 Å². The first-order valence-corrected chi connectivity index (χ1v) is 8.22. The molecule has 1 aliphatic rings. The van der Waals surface area contributed by atoms with Gasteiger partial charge in [-0.3, -0.25) is 4.79 Å². The van der Waals surface area contributed by atoms with Gasteiger partial charge in [0.2, 0.25) is 0 Å². The number of hydrogen-bond acceptors (Lipinski definition) is 4. The summed E-state index contributed by atoms with van der Waals surface area (Å²) in [5.74, 6) is -0.115. The first-order chi connectivity index (χ1) is 9.99. The van der Waals surface area contributed by atoms with E-state index in [-0.39, 0.29) is 0 Å². The van der Waals surface area contributed by atoms with Crippen LogP contribution in [0.25, 0.3) is 0 Å². The van der Waals surface area contributed by atoms with Crippen molar-refractivity contribution in [2.75, 3.05) is 33.3 Å². The summed E-state index contributed by atoms with van der Waals surface area (Å²) in [4.78, 5) is 14.0. The molecule has 1 fully saturated rings. The van der Waals surface area contributed by atoms with Gasteiger partial charge in [-0.05, 0) is 51.2 Å². The second kappa shape index (κ2) is 8.71. The molecule has 0 radical (unpaired) electrons. The Hall–Kier alpha value is -0.650. The van der Waals surface area contributed by atoms with Gasteiger partial charge < -0.3 is 20.1 Å². The normalized spacial score (nSPS) is 26.5. The van der Waals surface area contributed by atoms with E-state index in [4.69, 9.17) is 4.74 Å². The lowest BCUT2D eigenvalue weighted by Crippen LogP contribution is -2.52. The van der Waals surface area contributed by atoms with Crippen LogP contribution in [0.4, 0.5) is 0 Å². The van der Waals surface area contributed by atoms with E-state index >= 15 is 0 Å². The maximum Gasteiger partial charge on any atom is 0.323 e. The summed E-state index contributed by atoms with van der Waals surface area (Å²) in [7, 11) is 1.78. The summed E-state index contributed by atoms with van der Waals surface area (Å²) >= 11 is 0. The number of carboxylic acids is 1. The van der Waals surface area contributed by atoms with Crippen molar-refractivity contribution in [2.45, 2.75) is 58.1 Å². The number of aliphatic carboxylic acids is 1. The number of rotatable bonds is 9. The number of nitrogens with zero attached hydrogens (tertiary/aromatic N) is 1. The van der Waals surface area contributed by atoms with Crippen molar-refractivity contribution >= 4 is 5.97 Å². The number of piperidine rings is 1. The van der Waals surface area contributed by atoms with Crippen LogP contribution >= 0.6 is 0 Å². The minimum atomic E-state index is -0.765. The molecular weight excluding hydrogens is 268 g/mol. The lowest BCUT2D eigenvalue weighted by atomic mass is 9.89. The standard InChI is InChI=1S/C16H32N2O3/c1-5-16(15(19)20,17-6-2)9-7-10-18-11-8-13(3)14(12-18)21-4/h13-14,17H,5-12H2,1-4H3,(H,19,20). The maximum atomic E-state index is 11.6. The largest absolute Gasteiger partial charge is 0.480 e. The molecule has 2 N–H and O–H groups in total. The van der Waals surface area contributed by atoms with E-state index in [1.54, 1.807) is 7.11 Å². The number of nitrogens with one attached hydrogen (secondary N) is 1. The number of ether oxygens (including phenoxy) is 1. The molecule has 21 heavy (non-hydrogen) atoms. The summed E-state index contributed by atoms with van der Waals surface area (Å²) in [5.41, 5.74) is -0.765. The lowest BCUT2D eigenvalue weighted by molar-refractivity contribution is -0.145. The van der Waals surface area contributed by atoms with Gasteiger partial charge in [-0.2, -0.15) is 0 Å². The van der Waals surface area contributed by atoms with Crippen molar-refractivity contribution in [1.29, 1.82) is 0 Å². The number of carbonyl (C=O) groups is 1. The molecule has 1 aliphatic heterocycles. The molecular formula is C16H32N2O3. The van der Waals surface area contributed by atoms with Gasteiger partial charge >= 0.3 is 5.97 Å². The number of likely N-dealkylation sites (N-methyl/N-ethyl adjacent to an activating group) is 1. The molecule has 0 saturated carbocycles. The van der Waals surface area contributed by atoms with E-state index in [0.717, 1.165) is 32.5 Å². The van der Waals surface area contributed by atoms with E-state index in [0.29, 0.717) is 31.4 Å². The molecule has 1 saturated heterocycles. The van der Waals surface area contributed by atoms with Gasteiger partial charge in [0.15, 0.2) is 0 Å². The third-order valence-corrected chi connectivity index (χ3v) is 4.88. The zero-order valence-corrected chi connectivity index (χ0v) is 14.0. The van der Waals surface area contributed by atoms with Crippen LogP contribution in [0.15, 0.2) is 0 Å². The molecule has 0 bridgehead atoms. The van der Waals surface area contributed by atoms with Crippen LogP contribution in [0.2, 0.25) is 0 Å². The van der Waals surface area contributed by atoms with E-state index in [1.807, 2.05) is 13.8 Å². The fourth-order valence-corrected chi connectivity index (χ4v) is 3.27. The number of hydrogen-bond donors (Lipinski definition) is 2. The molecule has 1 rings (SSSR count). The molecule has 0 amide bonds. The zero-order valence-electron chi connectivity index (χ0n) is 14.0. The van der Waals surface area contributed by atoms with E-state index < -0.39 is 11.5 Å². The molecule has 0 aromatic rings. The summed E-state index contributed by atoms with van der Waals surface area (Å²) in [6.07, 6.45) is 3.66. The lowest BCUT2D eigenvalue weighted by Gasteiger charge is -2.37. The minimum absolute atomic E-state index is 0.308. The molecule has 3 unspecified atom stereocenters. The Morgan fingerprint density at radius 1 is 1.48 bits per heavy atom. The van der Waals surface area contributed by atoms with Crippen LogP contribution in [0, 0.1) is 5.92 Å². The molecule has 0 aliphatic carbocycles. The molecule has 0 aromatic carbocycles. The molecule has 3 atom stereocenters. The molecule has 5 nitrogen and oxygen atoms in total. The van der Waals surface area contributed by atoms with Crippen molar-refractivity contribution in [1.82, 2.24) is 10.2 Å². The van der Waals surface area contributed by atoms with Gasteiger partial charge in [0.05, 0.1) is 6.10 Å². The Bertz CT molecular complexity index is 325. The van der Waals surface area contributed by atoms with Crippen LogP contribution in [0.3, 0.4) is 0 Å². The Morgan fingerprint density at radius 2 is 2.19 bits per heavy atom. The van der Waals surface area contributed by atoms with Crippen LogP contribution in [0.5, 0.6) is 0 Å². The van der Waals surface area contributed by atoms with Crippen molar-refractivity contribution in [3.63, 3.8) is 0 Å². The van der Waals surface area contributed by atoms with Gasteiger partial charge in [-0.1, -0.05) is 20.8 Å². The number of methoxy groups -OCH3 is 1. The molecule has 1 heterocycles. The summed E-state index contributed by atoms with van der Waals surface area (Å²) in [5, 5.41) is 12.7. The first kappa shape index (κ1) is 18.4. The third-order valence-electron chi connectivity index (χ3n) is 4.88. The fraction of sp³-hybridized carbons (Fsp3) is 0.938. The summed E-state index contributed by atoms with van der Waals surface area (Å²) < 4.78 is 5.53. The van der Waals surface area contributed by atoms with E-state index in [1.165, 1.54) is 0 Å². The zero-order chi connectivity index (χ0) is 15.9. The van der Waals surface area contributed by atoms with Gasteiger partial charge in [0.25, 0.3) is 0 Å². The van der Waals surface area contributed by atoms with Gasteiger partial charge in [-0.15, -0.1) is 0 Å². The molecule has 5 heteroatoms. The fourth-order valence-electron chi connectivity index (χ4n) is 3.27. The van der Waals surface area contributed by atoms with E-state index in [9.17, 15) is 9.90 Å². The summed E-state index contributed by atoms with van der Waals surface area (Å²) in [6, 6.07) is 0. The molecule has 0 aromatic heterocycles. The van der Waals surface area contributed by atoms with Crippen LogP contribution in [0.1, 0.15) is 46.5 Å². The first-order valence-electron chi connectivity index (χ1n) is 8.22. The highest BCUT2D eigenvalue weighted by Gasteiger charge is 2.35. The van der Waals surface area contributed by atoms with E-state index in [2.05, 4.69) is 17.1 Å². The second-order valence-corrected chi connectivity index (χ2v) is 6.22. The van der Waals surface area contributed by atoms with Crippen LogP contribution in [-0.2, 0) is 9.53 Å². The van der Waals surface area contributed by atoms with Crippen molar-refractivity contribution in [3.05, 3.63) is 0 Å². The molecule has 124 valence electrons. The Kier molecular flexibility index (Phi) is 7.63. The maximum absolute atomic E-state index is 11.6. The second-order valence-electron chi connectivity index (χ2n) is 6.22. The van der Waals surface area contributed by atoms with Gasteiger partial charge in [-0.25, -0.2) is 0 Å². The van der Waals surface area contributed by atoms with Gasteiger partial charge in [0.1, 0.15) is 5.54 Å². The highest BCUT2D eigenvalue weighted by Crippen LogP contribution is 2.22. The Labute approximate surface area is 129 Å². The van der Waals surface area contributed by atoms with Gasteiger partial charge in [0, 0.05) is 13.7 Å². The minimum Gasteiger partial charge on any atom is -0.480 e. The predicted octanol–water partition coefficient (Wildman–Crippen LogP) is 1.97. The number of carboxylic acid groups (broad SMARTS) is 1. The van der Waals surface area contributed by atoms with Crippen molar-refractivity contribution in [2.24, 2.45) is 5.92 Å². The Balaban J connectivity index is 2.45. The Morgan fingerprint density at radius 3 is 2.71 bits per heavy atom. The predicted molar refractivity (Wildman–Crippen MR) is 84.6 cm³/mol. The SMILES string of the molecule is CCNC(CC)(CCCN1CCC(C)C(OC)C1)C(=O)O. The quantitative estimate of drug-likeness (QED) is 0.681. The van der Waals surface area contributed by atoms with Crippen LogP contribution in [-0.4, -0.2) is 60.9 Å². The van der Waals surface area contributed by atoms with Crippen molar-refractivity contribution in [3.8, 4) is 0 Å². The third kappa shape index (κ3) is 4.94. The van der Waals surface area contributed by atoms with Crippen molar-refractivity contribution < 1.29 is 14.6 Å². The summed E-state index contributed by atoms with van der Waals surface area (Å²) in [6.45, 7) is 9.84. The highest BCUT2D eigenvalue weighted by atomic mass is 16.5. The average molecular weight is 300 g/mol.